The summed E-state index contributed by atoms with van der Waals surface area (Å²) in [5, 5.41) is 9.06. The number of benzene rings is 1. The van der Waals surface area contributed by atoms with Gasteiger partial charge in [-0.05, 0) is 36.8 Å². The van der Waals surface area contributed by atoms with Crippen molar-refractivity contribution >= 4 is 21.8 Å². The third-order valence-electron chi connectivity index (χ3n) is 3.04. The number of thioether (sulfide) groups is 1. The molecular formula is C12H16FNO3S2. The van der Waals surface area contributed by atoms with E-state index in [-0.39, 0.29) is 22.1 Å². The average Bonchev–Trinajstić information content (AvgIpc) is 2.84. The molecule has 7 heteroatoms. The second-order valence-corrected chi connectivity index (χ2v) is 7.42. The maximum absolute atomic E-state index is 13.6. The van der Waals surface area contributed by atoms with Crippen LogP contribution in [0, 0.1) is 12.7 Å². The molecule has 1 aromatic rings. The van der Waals surface area contributed by atoms with Crippen molar-refractivity contribution in [2.75, 3.05) is 11.5 Å². The first-order valence-electron chi connectivity index (χ1n) is 5.94. The molecule has 1 aliphatic rings. The Bertz CT molecular complexity index is 569. The molecule has 1 fully saturated rings. The van der Waals surface area contributed by atoms with Crippen molar-refractivity contribution in [3.63, 3.8) is 0 Å². The molecule has 0 spiro atoms. The predicted octanol–water partition coefficient (Wildman–Crippen LogP) is 1.41. The molecule has 0 amide bonds. The lowest BCUT2D eigenvalue weighted by Gasteiger charge is -2.13. The molecule has 4 nitrogen and oxygen atoms in total. The maximum Gasteiger partial charge on any atom is 0.240 e. The molecule has 0 bridgehead atoms. The summed E-state index contributed by atoms with van der Waals surface area (Å²) in [5.74, 6) is 1.14. The molecule has 1 saturated heterocycles. The van der Waals surface area contributed by atoms with Crippen LogP contribution >= 0.6 is 11.8 Å². The zero-order valence-electron chi connectivity index (χ0n) is 10.5. The average molecular weight is 305 g/mol. The molecule has 2 N–H and O–H groups in total. The maximum atomic E-state index is 13.6. The van der Waals surface area contributed by atoms with Gasteiger partial charge in [0.05, 0.1) is 11.5 Å². The van der Waals surface area contributed by atoms with Crippen molar-refractivity contribution in [3.8, 4) is 0 Å². The van der Waals surface area contributed by atoms with E-state index in [1.807, 2.05) is 0 Å². The standard InChI is InChI=1S/C12H16FNO3S2/c1-8-4-11(5-9(6-15)12(8)13)19(16,17)14-10-2-3-18-7-10/h4-5,10,14-15H,2-3,6-7H2,1H3. The van der Waals surface area contributed by atoms with Crippen molar-refractivity contribution in [1.29, 1.82) is 0 Å². The summed E-state index contributed by atoms with van der Waals surface area (Å²) in [6.07, 6.45) is 0.803. The molecule has 1 heterocycles. The highest BCUT2D eigenvalue weighted by Crippen LogP contribution is 2.22. The monoisotopic (exact) mass is 305 g/mol. The summed E-state index contributed by atoms with van der Waals surface area (Å²) in [4.78, 5) is 0.00681. The molecular weight excluding hydrogens is 289 g/mol. The summed E-state index contributed by atoms with van der Waals surface area (Å²) >= 11 is 1.70. The van der Waals surface area contributed by atoms with Gasteiger partial charge in [0, 0.05) is 17.4 Å². The second-order valence-electron chi connectivity index (χ2n) is 4.55. The Morgan fingerprint density at radius 2 is 2.26 bits per heavy atom. The quantitative estimate of drug-likeness (QED) is 0.883. The number of hydrogen-bond acceptors (Lipinski definition) is 4. The van der Waals surface area contributed by atoms with Crippen LogP contribution < -0.4 is 4.72 Å². The number of aliphatic hydroxyl groups excluding tert-OH is 1. The van der Waals surface area contributed by atoms with Gasteiger partial charge in [-0.15, -0.1) is 0 Å². The Morgan fingerprint density at radius 3 is 2.84 bits per heavy atom. The first-order chi connectivity index (χ1) is 8.94. The van der Waals surface area contributed by atoms with Crippen LogP contribution in [-0.4, -0.2) is 31.1 Å². The molecule has 1 aromatic carbocycles. The summed E-state index contributed by atoms with van der Waals surface area (Å²) in [5.41, 5.74) is 0.217. The predicted molar refractivity (Wildman–Crippen MR) is 73.1 cm³/mol. The van der Waals surface area contributed by atoms with Gasteiger partial charge in [0.15, 0.2) is 0 Å². The summed E-state index contributed by atoms with van der Waals surface area (Å²) in [6, 6.07) is 2.41. The number of sulfonamides is 1. The van der Waals surface area contributed by atoms with E-state index in [9.17, 15) is 12.8 Å². The SMILES string of the molecule is Cc1cc(S(=O)(=O)NC2CCSC2)cc(CO)c1F. The smallest absolute Gasteiger partial charge is 0.240 e. The van der Waals surface area contributed by atoms with E-state index < -0.39 is 22.4 Å². The van der Waals surface area contributed by atoms with Crippen LogP contribution in [0.4, 0.5) is 4.39 Å². The van der Waals surface area contributed by atoms with E-state index in [0.717, 1.165) is 17.9 Å². The molecule has 0 aliphatic carbocycles. The Balaban J connectivity index is 2.31. The van der Waals surface area contributed by atoms with E-state index in [4.69, 9.17) is 5.11 Å². The molecule has 0 radical (unpaired) electrons. The third-order valence-corrected chi connectivity index (χ3v) is 5.70. The highest BCUT2D eigenvalue weighted by molar-refractivity contribution is 7.99. The number of rotatable bonds is 4. The fourth-order valence-corrected chi connectivity index (χ4v) is 4.66. The van der Waals surface area contributed by atoms with Crippen molar-refractivity contribution in [3.05, 3.63) is 29.1 Å². The molecule has 2 rings (SSSR count). The summed E-state index contributed by atoms with van der Waals surface area (Å²) in [7, 11) is -3.66. The minimum Gasteiger partial charge on any atom is -0.392 e. The normalized spacial score (nSPS) is 19.8. The molecule has 0 saturated carbocycles. The van der Waals surface area contributed by atoms with E-state index in [0.29, 0.717) is 0 Å². The van der Waals surface area contributed by atoms with E-state index in [2.05, 4.69) is 4.72 Å². The Kier molecular flexibility index (Phi) is 4.50. The van der Waals surface area contributed by atoms with Gasteiger partial charge in [-0.1, -0.05) is 0 Å². The van der Waals surface area contributed by atoms with Gasteiger partial charge in [-0.2, -0.15) is 11.8 Å². The first kappa shape index (κ1) is 14.8. The van der Waals surface area contributed by atoms with Gasteiger partial charge in [-0.3, -0.25) is 0 Å². The van der Waals surface area contributed by atoms with Crippen molar-refractivity contribution in [2.45, 2.75) is 30.9 Å². The van der Waals surface area contributed by atoms with Gasteiger partial charge in [0.25, 0.3) is 0 Å². The van der Waals surface area contributed by atoms with E-state index in [1.54, 1.807) is 11.8 Å². The minimum atomic E-state index is -3.66. The number of aryl methyl sites for hydroxylation is 1. The largest absolute Gasteiger partial charge is 0.392 e. The van der Waals surface area contributed by atoms with Crippen LogP contribution in [0.2, 0.25) is 0 Å². The molecule has 19 heavy (non-hydrogen) atoms. The van der Waals surface area contributed by atoms with Crippen molar-refractivity contribution in [2.24, 2.45) is 0 Å². The van der Waals surface area contributed by atoms with Gasteiger partial charge < -0.3 is 5.11 Å². The first-order valence-corrected chi connectivity index (χ1v) is 8.58. The molecule has 106 valence electrons. The highest BCUT2D eigenvalue weighted by atomic mass is 32.2. The van der Waals surface area contributed by atoms with Crippen molar-refractivity contribution in [1.82, 2.24) is 4.72 Å². The summed E-state index contributed by atoms with van der Waals surface area (Å²) < 4.78 is 40.6. The molecule has 1 unspecified atom stereocenters. The highest BCUT2D eigenvalue weighted by Gasteiger charge is 2.24. The topological polar surface area (TPSA) is 66.4 Å². The van der Waals surface area contributed by atoms with Crippen molar-refractivity contribution < 1.29 is 17.9 Å². The number of aliphatic hydroxyl groups is 1. The Hall–Kier alpha value is -0.630. The van der Waals surface area contributed by atoms with Gasteiger partial charge in [0.2, 0.25) is 10.0 Å². The number of hydrogen-bond donors (Lipinski definition) is 2. The van der Waals surface area contributed by atoms with Crippen LogP contribution in [0.5, 0.6) is 0 Å². The Morgan fingerprint density at radius 1 is 1.53 bits per heavy atom. The minimum absolute atomic E-state index is 0.00109. The summed E-state index contributed by atoms with van der Waals surface area (Å²) in [6.45, 7) is 0.967. The van der Waals surface area contributed by atoms with E-state index >= 15 is 0 Å². The molecule has 1 aliphatic heterocycles. The van der Waals surface area contributed by atoms with Crippen LogP contribution in [0.25, 0.3) is 0 Å². The van der Waals surface area contributed by atoms with Gasteiger partial charge >= 0.3 is 0 Å². The van der Waals surface area contributed by atoms with Crippen LogP contribution in [-0.2, 0) is 16.6 Å². The zero-order chi connectivity index (χ0) is 14.0. The van der Waals surface area contributed by atoms with Gasteiger partial charge in [-0.25, -0.2) is 17.5 Å². The zero-order valence-corrected chi connectivity index (χ0v) is 12.2. The van der Waals surface area contributed by atoms with Crippen LogP contribution in [0.15, 0.2) is 17.0 Å². The Labute approximate surface area is 116 Å². The molecule has 0 aromatic heterocycles. The second kappa shape index (κ2) is 5.78. The fraction of sp³-hybridized carbons (Fsp3) is 0.500. The number of nitrogens with one attached hydrogen (secondary N) is 1. The molecule has 1 atom stereocenters. The van der Waals surface area contributed by atoms with E-state index in [1.165, 1.54) is 19.1 Å². The number of halogens is 1. The third kappa shape index (κ3) is 3.28. The lowest BCUT2D eigenvalue weighted by molar-refractivity contribution is 0.275. The van der Waals surface area contributed by atoms with Gasteiger partial charge in [0.1, 0.15) is 5.82 Å². The van der Waals surface area contributed by atoms with Crippen LogP contribution in [0.1, 0.15) is 17.5 Å². The lowest BCUT2D eigenvalue weighted by Crippen LogP contribution is -2.34. The fourth-order valence-electron chi connectivity index (χ4n) is 1.99. The lowest BCUT2D eigenvalue weighted by atomic mass is 10.1. The van der Waals surface area contributed by atoms with Crippen LogP contribution in [0.3, 0.4) is 0 Å².